The van der Waals surface area contributed by atoms with Gasteiger partial charge in [-0.15, -0.1) is 11.3 Å². The zero-order valence-electron chi connectivity index (χ0n) is 12.8. The van der Waals surface area contributed by atoms with E-state index in [2.05, 4.69) is 5.32 Å². The monoisotopic (exact) mass is 360 g/mol. The molecule has 2 N–H and O–H groups in total. The van der Waals surface area contributed by atoms with Crippen LogP contribution in [0, 0.1) is 0 Å². The number of thiophene rings is 1. The number of sulfonamides is 1. The van der Waals surface area contributed by atoms with Crippen LogP contribution >= 0.6 is 11.3 Å². The zero-order valence-corrected chi connectivity index (χ0v) is 14.5. The standard InChI is InChI=1S/C14H20N2O5S2/c1-21-9-8-16(10-2-3-10)23(19,20)12-5-4-11(22-12)15-13(17)14(18)6-7-14/h4-5,10,18H,2-3,6-9H2,1H3,(H,15,17). The molecule has 2 aliphatic rings. The molecule has 1 aromatic heterocycles. The molecule has 0 saturated heterocycles. The van der Waals surface area contributed by atoms with E-state index in [-0.39, 0.29) is 10.3 Å². The maximum Gasteiger partial charge on any atom is 0.256 e. The highest BCUT2D eigenvalue weighted by atomic mass is 32.2. The van der Waals surface area contributed by atoms with Gasteiger partial charge in [-0.2, -0.15) is 4.31 Å². The number of nitrogens with one attached hydrogen (secondary N) is 1. The van der Waals surface area contributed by atoms with E-state index in [4.69, 9.17) is 4.74 Å². The Morgan fingerprint density at radius 3 is 2.74 bits per heavy atom. The first-order chi connectivity index (χ1) is 10.9. The molecule has 23 heavy (non-hydrogen) atoms. The molecule has 1 heterocycles. The second kappa shape index (κ2) is 6.14. The molecule has 7 nitrogen and oxygen atoms in total. The smallest absolute Gasteiger partial charge is 0.256 e. The lowest BCUT2D eigenvalue weighted by Gasteiger charge is -2.20. The van der Waals surface area contributed by atoms with Crippen molar-refractivity contribution in [1.82, 2.24) is 4.31 Å². The second-order valence-corrected chi connectivity index (χ2v) is 9.15. The fourth-order valence-corrected chi connectivity index (χ4v) is 5.26. The summed E-state index contributed by atoms with van der Waals surface area (Å²) in [5, 5.41) is 12.8. The molecule has 2 saturated carbocycles. The number of aliphatic hydroxyl groups is 1. The number of hydrogen-bond donors (Lipinski definition) is 2. The normalized spacial score (nSPS) is 19.8. The van der Waals surface area contributed by atoms with Crippen molar-refractivity contribution in [2.24, 2.45) is 0 Å². The largest absolute Gasteiger partial charge is 0.383 e. The number of methoxy groups -OCH3 is 1. The average Bonchev–Trinajstić information content (AvgIpc) is 3.41. The Kier molecular flexibility index (Phi) is 4.49. The highest BCUT2D eigenvalue weighted by Crippen LogP contribution is 2.38. The van der Waals surface area contributed by atoms with E-state index in [0.717, 1.165) is 24.2 Å². The van der Waals surface area contributed by atoms with Crippen molar-refractivity contribution < 1.29 is 23.1 Å². The van der Waals surface area contributed by atoms with Crippen molar-refractivity contribution in [1.29, 1.82) is 0 Å². The van der Waals surface area contributed by atoms with E-state index in [1.165, 1.54) is 10.4 Å². The van der Waals surface area contributed by atoms with Gasteiger partial charge in [0.1, 0.15) is 9.81 Å². The predicted octanol–water partition coefficient (Wildman–Crippen LogP) is 1.01. The van der Waals surface area contributed by atoms with Crippen LogP contribution in [0.15, 0.2) is 16.3 Å². The highest BCUT2D eigenvalue weighted by molar-refractivity contribution is 7.91. The van der Waals surface area contributed by atoms with Crippen molar-refractivity contribution in [2.45, 2.75) is 41.5 Å². The third-order valence-electron chi connectivity index (χ3n) is 4.00. The van der Waals surface area contributed by atoms with Crippen LogP contribution in [0.25, 0.3) is 0 Å². The van der Waals surface area contributed by atoms with Crippen LogP contribution in [-0.2, 0) is 19.6 Å². The first-order valence-electron chi connectivity index (χ1n) is 7.51. The third-order valence-corrected chi connectivity index (χ3v) is 7.42. The molecule has 0 unspecified atom stereocenters. The molecule has 0 aliphatic heterocycles. The molecule has 3 rings (SSSR count). The molecule has 1 aromatic rings. The van der Waals surface area contributed by atoms with E-state index >= 15 is 0 Å². The molecule has 2 aliphatic carbocycles. The van der Waals surface area contributed by atoms with Gasteiger partial charge in [-0.25, -0.2) is 8.42 Å². The second-order valence-electron chi connectivity index (χ2n) is 5.94. The van der Waals surface area contributed by atoms with Crippen LogP contribution in [-0.4, -0.2) is 55.6 Å². The van der Waals surface area contributed by atoms with Crippen LogP contribution < -0.4 is 5.32 Å². The van der Waals surface area contributed by atoms with Crippen molar-refractivity contribution in [3.63, 3.8) is 0 Å². The third kappa shape index (κ3) is 3.58. The van der Waals surface area contributed by atoms with Gasteiger partial charge in [0.2, 0.25) is 0 Å². The van der Waals surface area contributed by atoms with Crippen LogP contribution in [0.2, 0.25) is 0 Å². The first-order valence-corrected chi connectivity index (χ1v) is 9.77. The quantitative estimate of drug-likeness (QED) is 0.721. The van der Waals surface area contributed by atoms with Crippen LogP contribution in [0.1, 0.15) is 25.7 Å². The van der Waals surface area contributed by atoms with Crippen LogP contribution in [0.5, 0.6) is 0 Å². The van der Waals surface area contributed by atoms with E-state index in [1.807, 2.05) is 0 Å². The summed E-state index contributed by atoms with van der Waals surface area (Å²) < 4.78 is 32.2. The Labute approximate surface area is 139 Å². The van der Waals surface area contributed by atoms with Gasteiger partial charge in [-0.3, -0.25) is 4.79 Å². The maximum atomic E-state index is 12.7. The predicted molar refractivity (Wildman–Crippen MR) is 85.9 cm³/mol. The molecule has 128 valence electrons. The molecule has 0 radical (unpaired) electrons. The summed E-state index contributed by atoms with van der Waals surface area (Å²) >= 11 is 1.01. The molecule has 0 aromatic carbocycles. The van der Waals surface area contributed by atoms with E-state index in [9.17, 15) is 18.3 Å². The molecule has 0 atom stereocenters. The van der Waals surface area contributed by atoms with E-state index in [1.54, 1.807) is 13.2 Å². The van der Waals surface area contributed by atoms with Gasteiger partial charge >= 0.3 is 0 Å². The minimum atomic E-state index is -3.59. The summed E-state index contributed by atoms with van der Waals surface area (Å²) in [6.07, 6.45) is 2.62. The molecule has 0 spiro atoms. The molecule has 9 heteroatoms. The van der Waals surface area contributed by atoms with Crippen LogP contribution in [0.3, 0.4) is 0 Å². The number of anilines is 1. The summed E-state index contributed by atoms with van der Waals surface area (Å²) in [6.45, 7) is 0.667. The Morgan fingerprint density at radius 1 is 1.48 bits per heavy atom. The fourth-order valence-electron chi connectivity index (χ4n) is 2.26. The van der Waals surface area contributed by atoms with Crippen molar-refractivity contribution in [2.75, 3.05) is 25.6 Å². The Balaban J connectivity index is 1.73. The Bertz CT molecular complexity index is 692. The summed E-state index contributed by atoms with van der Waals surface area (Å²) in [4.78, 5) is 11.8. The number of carbonyl (C=O) groups is 1. The van der Waals surface area contributed by atoms with Gasteiger partial charge in [0.05, 0.1) is 11.6 Å². The van der Waals surface area contributed by atoms with Gasteiger partial charge in [0.15, 0.2) is 0 Å². The number of rotatable bonds is 8. The number of hydrogen-bond acceptors (Lipinski definition) is 6. The SMILES string of the molecule is COCCN(C1CC1)S(=O)(=O)c1ccc(NC(=O)C2(O)CC2)s1. The van der Waals surface area contributed by atoms with Crippen molar-refractivity contribution >= 4 is 32.3 Å². The van der Waals surface area contributed by atoms with Crippen LogP contribution in [0.4, 0.5) is 5.00 Å². The summed E-state index contributed by atoms with van der Waals surface area (Å²) in [5.41, 5.74) is -1.28. The van der Waals surface area contributed by atoms with E-state index in [0.29, 0.717) is 31.0 Å². The van der Waals surface area contributed by atoms with Gasteiger partial charge in [0.25, 0.3) is 15.9 Å². The summed E-state index contributed by atoms with van der Waals surface area (Å²) in [6, 6.07) is 3.10. The number of amides is 1. The first kappa shape index (κ1) is 16.8. The fraction of sp³-hybridized carbons (Fsp3) is 0.643. The van der Waals surface area contributed by atoms with Gasteiger partial charge < -0.3 is 15.2 Å². The molecule has 0 bridgehead atoms. The lowest BCUT2D eigenvalue weighted by molar-refractivity contribution is -0.125. The molecular formula is C14H20N2O5S2. The lowest BCUT2D eigenvalue weighted by atomic mass is 10.3. The van der Waals surface area contributed by atoms with Gasteiger partial charge in [0, 0.05) is 19.7 Å². The lowest BCUT2D eigenvalue weighted by Crippen LogP contribution is -2.35. The highest BCUT2D eigenvalue weighted by Gasteiger charge is 2.48. The van der Waals surface area contributed by atoms with Gasteiger partial charge in [-0.1, -0.05) is 0 Å². The van der Waals surface area contributed by atoms with Gasteiger partial charge in [-0.05, 0) is 37.8 Å². The molecule has 1 amide bonds. The minimum absolute atomic E-state index is 0.0440. The zero-order chi connectivity index (χ0) is 16.7. The topological polar surface area (TPSA) is 95.9 Å². The maximum absolute atomic E-state index is 12.7. The number of ether oxygens (including phenoxy) is 1. The average molecular weight is 360 g/mol. The Morgan fingerprint density at radius 2 is 2.17 bits per heavy atom. The number of carbonyl (C=O) groups excluding carboxylic acids is 1. The van der Waals surface area contributed by atoms with Crippen molar-refractivity contribution in [3.8, 4) is 0 Å². The van der Waals surface area contributed by atoms with E-state index < -0.39 is 21.5 Å². The number of nitrogens with zero attached hydrogens (tertiary/aromatic N) is 1. The summed E-state index contributed by atoms with van der Waals surface area (Å²) in [5.74, 6) is -0.471. The minimum Gasteiger partial charge on any atom is -0.383 e. The molecular weight excluding hydrogens is 340 g/mol. The summed E-state index contributed by atoms with van der Waals surface area (Å²) in [7, 11) is -2.05. The van der Waals surface area contributed by atoms with Crippen molar-refractivity contribution in [3.05, 3.63) is 12.1 Å². The Hall–Kier alpha value is -1.00. The molecule has 2 fully saturated rings.